The number of nitrogens with zero attached hydrogens (tertiary/aromatic N) is 4. The van der Waals surface area contributed by atoms with Gasteiger partial charge in [0.1, 0.15) is 0 Å². The van der Waals surface area contributed by atoms with Gasteiger partial charge < -0.3 is 9.80 Å². The van der Waals surface area contributed by atoms with Gasteiger partial charge in [-0.25, -0.2) is 0 Å². The van der Waals surface area contributed by atoms with E-state index in [4.69, 9.17) is 9.98 Å². The summed E-state index contributed by atoms with van der Waals surface area (Å²) in [5.74, 6) is 2.98. The number of rotatable bonds is 5. The normalized spacial score (nSPS) is 21.0. The molecule has 194 valence electrons. The molecule has 0 amide bonds. The van der Waals surface area contributed by atoms with Crippen molar-refractivity contribution in [2.75, 3.05) is 22.9 Å². The monoisotopic (exact) mass is 486 g/mol. The van der Waals surface area contributed by atoms with Crippen molar-refractivity contribution in [2.45, 2.75) is 92.2 Å². The quantitative estimate of drug-likeness (QED) is 0.439. The van der Waals surface area contributed by atoms with Crippen molar-refractivity contribution >= 4 is 23.0 Å². The fourth-order valence-electron chi connectivity index (χ4n) is 4.90. The molecule has 4 heteroatoms. The second-order valence-electron chi connectivity index (χ2n) is 13.3. The van der Waals surface area contributed by atoms with Crippen LogP contribution < -0.4 is 9.80 Å². The van der Waals surface area contributed by atoms with Gasteiger partial charge in [-0.05, 0) is 58.1 Å². The summed E-state index contributed by atoms with van der Waals surface area (Å²) in [4.78, 5) is 15.4. The maximum Gasteiger partial charge on any atom is 0.172 e. The molecule has 2 heterocycles. The van der Waals surface area contributed by atoms with Gasteiger partial charge in [-0.15, -0.1) is 0 Å². The number of aliphatic imine (C=N–C) groups is 2. The highest BCUT2D eigenvalue weighted by Crippen LogP contribution is 2.33. The first kappa shape index (κ1) is 26.4. The molecule has 36 heavy (non-hydrogen) atoms. The minimum absolute atomic E-state index is 0.136. The summed E-state index contributed by atoms with van der Waals surface area (Å²) in [6.07, 6.45) is 0. The van der Waals surface area contributed by atoms with Gasteiger partial charge in [0, 0.05) is 24.5 Å². The summed E-state index contributed by atoms with van der Waals surface area (Å²) in [6.45, 7) is 24.5. The van der Waals surface area contributed by atoms with Crippen LogP contribution in [0.25, 0.3) is 0 Å². The molecule has 4 nitrogen and oxygen atoms in total. The van der Waals surface area contributed by atoms with Crippen molar-refractivity contribution in [1.82, 2.24) is 0 Å². The Kier molecular flexibility index (Phi) is 7.11. The molecule has 0 N–H and O–H groups in total. The van der Waals surface area contributed by atoms with Crippen LogP contribution in [0.4, 0.5) is 11.4 Å². The van der Waals surface area contributed by atoms with Gasteiger partial charge in [-0.1, -0.05) is 93.5 Å². The van der Waals surface area contributed by atoms with E-state index >= 15 is 0 Å². The lowest BCUT2D eigenvalue weighted by molar-refractivity contribution is 0.521. The highest BCUT2D eigenvalue weighted by atomic mass is 15.4. The Morgan fingerprint density at radius 1 is 0.583 bits per heavy atom. The SMILES string of the molecule is CC(C)[C@@H]1CN(c2ccc(C(C)(C)C)cc2)C(C2=N[C@@H](C(C)C)CN2c2ccc(C(C)(C)C)cc2)=N1. The third-order valence-electron chi connectivity index (χ3n) is 7.66. The lowest BCUT2D eigenvalue weighted by Crippen LogP contribution is -2.42. The zero-order valence-electron chi connectivity index (χ0n) is 24.1. The van der Waals surface area contributed by atoms with Gasteiger partial charge in [0.15, 0.2) is 11.7 Å². The average molecular weight is 487 g/mol. The molecule has 2 aliphatic rings. The van der Waals surface area contributed by atoms with E-state index in [0.717, 1.165) is 24.8 Å². The summed E-state index contributed by atoms with van der Waals surface area (Å²) in [5.41, 5.74) is 5.37. The molecule has 0 fully saturated rings. The van der Waals surface area contributed by atoms with Gasteiger partial charge in [-0.2, -0.15) is 0 Å². The molecule has 0 spiro atoms. The van der Waals surface area contributed by atoms with E-state index < -0.39 is 0 Å². The smallest absolute Gasteiger partial charge is 0.172 e. The van der Waals surface area contributed by atoms with Crippen molar-refractivity contribution in [3.05, 3.63) is 59.7 Å². The third-order valence-corrected chi connectivity index (χ3v) is 7.66. The summed E-state index contributed by atoms with van der Waals surface area (Å²) in [6, 6.07) is 18.6. The summed E-state index contributed by atoms with van der Waals surface area (Å²) < 4.78 is 0. The van der Waals surface area contributed by atoms with E-state index in [0.29, 0.717) is 11.8 Å². The lowest BCUT2D eigenvalue weighted by atomic mass is 9.87. The van der Waals surface area contributed by atoms with Crippen molar-refractivity contribution in [1.29, 1.82) is 0 Å². The van der Waals surface area contributed by atoms with Gasteiger partial charge in [0.2, 0.25) is 0 Å². The fourth-order valence-corrected chi connectivity index (χ4v) is 4.90. The molecule has 0 aromatic heterocycles. The summed E-state index contributed by atoms with van der Waals surface area (Å²) in [5, 5.41) is 0. The van der Waals surface area contributed by atoms with Crippen LogP contribution in [-0.2, 0) is 10.8 Å². The van der Waals surface area contributed by atoms with Crippen molar-refractivity contribution in [2.24, 2.45) is 21.8 Å². The van der Waals surface area contributed by atoms with Crippen LogP contribution in [0.3, 0.4) is 0 Å². The molecule has 0 bridgehead atoms. The Balaban J connectivity index is 1.74. The number of benzene rings is 2. The molecular formula is C32H46N4. The lowest BCUT2D eigenvalue weighted by Gasteiger charge is -2.28. The Hall–Kier alpha value is -2.62. The molecule has 2 atom stereocenters. The Bertz CT molecular complexity index is 1020. The number of hydrogen-bond acceptors (Lipinski definition) is 4. The van der Waals surface area contributed by atoms with E-state index in [-0.39, 0.29) is 22.9 Å². The summed E-state index contributed by atoms with van der Waals surface area (Å²) in [7, 11) is 0. The number of anilines is 2. The first-order chi connectivity index (χ1) is 16.8. The van der Waals surface area contributed by atoms with Gasteiger partial charge in [0.05, 0.1) is 12.1 Å². The highest BCUT2D eigenvalue weighted by molar-refractivity contribution is 6.50. The van der Waals surface area contributed by atoms with Crippen LogP contribution in [-0.4, -0.2) is 36.8 Å². The largest absolute Gasteiger partial charge is 0.321 e. The van der Waals surface area contributed by atoms with E-state index in [1.54, 1.807) is 0 Å². The summed E-state index contributed by atoms with van der Waals surface area (Å²) >= 11 is 0. The first-order valence-electron chi connectivity index (χ1n) is 13.7. The minimum Gasteiger partial charge on any atom is -0.321 e. The zero-order chi connectivity index (χ0) is 26.4. The first-order valence-corrected chi connectivity index (χ1v) is 13.7. The predicted molar refractivity (Wildman–Crippen MR) is 157 cm³/mol. The highest BCUT2D eigenvalue weighted by Gasteiger charge is 2.38. The van der Waals surface area contributed by atoms with E-state index in [1.807, 2.05) is 0 Å². The molecule has 0 aliphatic carbocycles. The average Bonchev–Trinajstić information content (AvgIpc) is 3.43. The van der Waals surface area contributed by atoms with Crippen LogP contribution in [0, 0.1) is 11.8 Å². The molecule has 4 rings (SSSR count). The Morgan fingerprint density at radius 2 is 0.889 bits per heavy atom. The van der Waals surface area contributed by atoms with Crippen LogP contribution in [0.15, 0.2) is 58.5 Å². The van der Waals surface area contributed by atoms with E-state index in [9.17, 15) is 0 Å². The van der Waals surface area contributed by atoms with Gasteiger partial charge in [-0.3, -0.25) is 9.98 Å². The molecule has 2 aromatic rings. The number of amidine groups is 2. The molecule has 0 saturated heterocycles. The Morgan fingerprint density at radius 3 is 1.14 bits per heavy atom. The molecular weight excluding hydrogens is 440 g/mol. The molecule has 0 radical (unpaired) electrons. The zero-order valence-corrected chi connectivity index (χ0v) is 24.1. The molecule has 2 aliphatic heterocycles. The standard InChI is InChI=1S/C32H46N4/c1-21(2)27-19-35(25-15-11-23(12-16-25)31(5,6)7)29(33-27)30-34-28(22(3)4)20-36(30)26-17-13-24(14-18-26)32(8,9)10/h11-18,21-22,27-28H,19-20H2,1-10H3/t27-,28+. The van der Waals surface area contributed by atoms with Crippen molar-refractivity contribution in [3.8, 4) is 0 Å². The van der Waals surface area contributed by atoms with Gasteiger partial charge >= 0.3 is 0 Å². The predicted octanol–water partition coefficient (Wildman–Crippen LogP) is 7.47. The van der Waals surface area contributed by atoms with Gasteiger partial charge in [0.25, 0.3) is 0 Å². The van der Waals surface area contributed by atoms with Crippen molar-refractivity contribution < 1.29 is 0 Å². The van der Waals surface area contributed by atoms with E-state index in [1.165, 1.54) is 22.5 Å². The van der Waals surface area contributed by atoms with Crippen LogP contribution in [0.2, 0.25) is 0 Å². The minimum atomic E-state index is 0.136. The fraction of sp³-hybridized carbons (Fsp3) is 0.562. The maximum atomic E-state index is 5.30. The topological polar surface area (TPSA) is 31.2 Å². The second-order valence-corrected chi connectivity index (χ2v) is 13.3. The van der Waals surface area contributed by atoms with Crippen LogP contribution in [0.5, 0.6) is 0 Å². The molecule has 0 unspecified atom stereocenters. The number of hydrogen-bond donors (Lipinski definition) is 0. The second kappa shape index (κ2) is 9.68. The van der Waals surface area contributed by atoms with Crippen LogP contribution in [0.1, 0.15) is 80.4 Å². The maximum absolute atomic E-state index is 5.30. The molecule has 0 saturated carbocycles. The van der Waals surface area contributed by atoms with E-state index in [2.05, 4.69) is 128 Å². The molecule has 2 aromatic carbocycles. The third kappa shape index (κ3) is 5.38. The van der Waals surface area contributed by atoms with Crippen LogP contribution >= 0.6 is 0 Å². The Labute approximate surface area is 219 Å². The van der Waals surface area contributed by atoms with Crippen molar-refractivity contribution in [3.63, 3.8) is 0 Å².